The zero-order valence-corrected chi connectivity index (χ0v) is 17.1. The van der Waals surface area contributed by atoms with Crippen LogP contribution in [-0.4, -0.2) is 29.6 Å². The number of ether oxygens (including phenoxy) is 1. The van der Waals surface area contributed by atoms with E-state index in [4.69, 9.17) is 4.74 Å². The number of hydrogen-bond acceptors (Lipinski definition) is 4. The summed E-state index contributed by atoms with van der Waals surface area (Å²) < 4.78 is 4.81. The Bertz CT molecular complexity index is 682. The molecule has 0 saturated heterocycles. The van der Waals surface area contributed by atoms with E-state index in [1.54, 1.807) is 0 Å². The van der Waals surface area contributed by atoms with E-state index in [2.05, 4.69) is 13.8 Å². The van der Waals surface area contributed by atoms with Gasteiger partial charge in [0.15, 0.2) is 5.78 Å². The van der Waals surface area contributed by atoms with Crippen LogP contribution in [0.5, 0.6) is 0 Å². The molecule has 0 amide bonds. The number of rotatable bonds is 3. The summed E-state index contributed by atoms with van der Waals surface area (Å²) in [6, 6.07) is 0. The molecule has 0 radical (unpaired) electrons. The number of methoxy groups -OCH3 is 1. The summed E-state index contributed by atoms with van der Waals surface area (Å²) in [7, 11) is 1.42. The summed E-state index contributed by atoms with van der Waals surface area (Å²) in [5.74, 6) is 1.86. The molecular formula is C23H34O4. The molecule has 0 bridgehead atoms. The van der Waals surface area contributed by atoms with Crippen molar-refractivity contribution in [2.45, 2.75) is 83.7 Å². The molecule has 6 atom stereocenters. The molecule has 0 aromatic rings. The van der Waals surface area contributed by atoms with Crippen molar-refractivity contribution in [2.24, 2.45) is 28.6 Å². The Labute approximate surface area is 162 Å². The maximum Gasteiger partial charge on any atom is 0.305 e. The van der Waals surface area contributed by atoms with Crippen LogP contribution in [0.2, 0.25) is 0 Å². The Morgan fingerprint density at radius 2 is 1.89 bits per heavy atom. The number of ketones is 1. The van der Waals surface area contributed by atoms with E-state index in [9.17, 15) is 14.7 Å². The lowest BCUT2D eigenvalue weighted by Gasteiger charge is -2.59. The van der Waals surface area contributed by atoms with Gasteiger partial charge in [-0.2, -0.15) is 0 Å². The Balaban J connectivity index is 1.58. The third-order valence-corrected chi connectivity index (χ3v) is 9.25. The maximum absolute atomic E-state index is 11.9. The van der Waals surface area contributed by atoms with Crippen molar-refractivity contribution in [1.29, 1.82) is 0 Å². The summed E-state index contributed by atoms with van der Waals surface area (Å²) in [5.41, 5.74) is 0.702. The van der Waals surface area contributed by atoms with Gasteiger partial charge in [-0.05, 0) is 86.0 Å². The maximum atomic E-state index is 11.9. The Hall–Kier alpha value is -1.16. The predicted molar refractivity (Wildman–Crippen MR) is 103 cm³/mol. The van der Waals surface area contributed by atoms with E-state index in [1.165, 1.54) is 12.7 Å². The SMILES string of the molecule is COC(=O)CC[C@@]1(O)CC[C@H]2[C@@H]3CCC4=CC(=O)CC[C@]4(C)[C@H]3CC[C@@]21C. The standard InChI is InChI=1S/C23H34O4/c1-21-10-6-16(24)14-15(21)4-5-17-18(21)7-11-22(2)19(17)8-12-23(22,26)13-9-20(25)27-3/h14,17-19,26H,4-13H2,1-3H3/t17-,18+,19+,21+,22+,23+/m1/s1. The van der Waals surface area contributed by atoms with Gasteiger partial charge in [-0.25, -0.2) is 0 Å². The lowest BCUT2D eigenvalue weighted by Crippen LogP contribution is -2.54. The fourth-order valence-corrected chi connectivity index (χ4v) is 7.49. The van der Waals surface area contributed by atoms with Gasteiger partial charge in [0.2, 0.25) is 0 Å². The summed E-state index contributed by atoms with van der Waals surface area (Å²) in [6.07, 6.45) is 10.6. The molecule has 1 N–H and O–H groups in total. The number of carbonyl (C=O) groups is 2. The second kappa shape index (κ2) is 6.43. The van der Waals surface area contributed by atoms with Crippen LogP contribution in [0.3, 0.4) is 0 Å². The summed E-state index contributed by atoms with van der Waals surface area (Å²) in [6.45, 7) is 4.67. The fourth-order valence-electron chi connectivity index (χ4n) is 7.49. The van der Waals surface area contributed by atoms with Crippen molar-refractivity contribution in [3.05, 3.63) is 11.6 Å². The molecule has 4 rings (SSSR count). The van der Waals surface area contributed by atoms with Gasteiger partial charge in [-0.15, -0.1) is 0 Å². The highest BCUT2D eigenvalue weighted by Crippen LogP contribution is 2.68. The monoisotopic (exact) mass is 374 g/mol. The lowest BCUT2D eigenvalue weighted by atomic mass is 9.46. The summed E-state index contributed by atoms with van der Waals surface area (Å²) in [5, 5.41) is 11.5. The van der Waals surface area contributed by atoms with Gasteiger partial charge in [0.1, 0.15) is 0 Å². The molecule has 3 saturated carbocycles. The van der Waals surface area contributed by atoms with Crippen LogP contribution in [0.25, 0.3) is 0 Å². The van der Waals surface area contributed by atoms with Gasteiger partial charge in [0.25, 0.3) is 0 Å². The predicted octanol–water partition coefficient (Wildman–Crippen LogP) is 4.20. The lowest BCUT2D eigenvalue weighted by molar-refractivity contribution is -0.149. The molecular weight excluding hydrogens is 340 g/mol. The van der Waals surface area contributed by atoms with Gasteiger partial charge in [-0.1, -0.05) is 19.4 Å². The summed E-state index contributed by atoms with van der Waals surface area (Å²) >= 11 is 0. The van der Waals surface area contributed by atoms with Gasteiger partial charge < -0.3 is 9.84 Å². The molecule has 0 aromatic heterocycles. The first-order valence-electron chi connectivity index (χ1n) is 10.8. The summed E-state index contributed by atoms with van der Waals surface area (Å²) in [4.78, 5) is 23.6. The second-order valence-electron chi connectivity index (χ2n) is 10.1. The topological polar surface area (TPSA) is 63.6 Å². The third kappa shape index (κ3) is 2.73. The molecule has 4 heteroatoms. The van der Waals surface area contributed by atoms with Gasteiger partial charge in [-0.3, -0.25) is 9.59 Å². The number of hydrogen-bond donors (Lipinski definition) is 1. The van der Waals surface area contributed by atoms with Crippen molar-refractivity contribution in [3.63, 3.8) is 0 Å². The third-order valence-electron chi connectivity index (χ3n) is 9.25. The smallest absolute Gasteiger partial charge is 0.305 e. The zero-order chi connectivity index (χ0) is 19.4. The van der Waals surface area contributed by atoms with Gasteiger partial charge >= 0.3 is 5.97 Å². The first kappa shape index (κ1) is 19.2. The van der Waals surface area contributed by atoms with Crippen LogP contribution < -0.4 is 0 Å². The highest BCUT2D eigenvalue weighted by molar-refractivity contribution is 5.91. The molecule has 4 aliphatic carbocycles. The largest absolute Gasteiger partial charge is 0.469 e. The zero-order valence-electron chi connectivity index (χ0n) is 17.1. The first-order valence-corrected chi connectivity index (χ1v) is 10.8. The number of carbonyl (C=O) groups excluding carboxylic acids is 2. The van der Waals surface area contributed by atoms with Crippen molar-refractivity contribution < 1.29 is 19.4 Å². The van der Waals surface area contributed by atoms with Crippen LogP contribution in [0, 0.1) is 28.6 Å². The molecule has 150 valence electrons. The van der Waals surface area contributed by atoms with E-state index in [0.29, 0.717) is 42.8 Å². The van der Waals surface area contributed by atoms with Crippen molar-refractivity contribution in [3.8, 4) is 0 Å². The average molecular weight is 375 g/mol. The van der Waals surface area contributed by atoms with E-state index in [1.807, 2.05) is 6.08 Å². The van der Waals surface area contributed by atoms with Crippen molar-refractivity contribution in [2.75, 3.05) is 7.11 Å². The average Bonchev–Trinajstić information content (AvgIpc) is 2.92. The molecule has 0 heterocycles. The van der Waals surface area contributed by atoms with Gasteiger partial charge in [0.05, 0.1) is 12.7 Å². The van der Waals surface area contributed by atoms with Crippen molar-refractivity contribution >= 4 is 11.8 Å². The first-order chi connectivity index (χ1) is 12.7. The van der Waals surface area contributed by atoms with E-state index >= 15 is 0 Å². The van der Waals surface area contributed by atoms with Gasteiger partial charge in [0, 0.05) is 12.8 Å². The molecule has 0 spiro atoms. The minimum atomic E-state index is -0.754. The van der Waals surface area contributed by atoms with Crippen LogP contribution in [0.15, 0.2) is 11.6 Å². The van der Waals surface area contributed by atoms with Crippen LogP contribution in [-0.2, 0) is 14.3 Å². The van der Waals surface area contributed by atoms with Crippen LogP contribution >= 0.6 is 0 Å². The molecule has 27 heavy (non-hydrogen) atoms. The highest BCUT2D eigenvalue weighted by Gasteiger charge is 2.63. The number of esters is 1. The number of fused-ring (bicyclic) bond motifs is 5. The Morgan fingerprint density at radius 3 is 2.63 bits per heavy atom. The Morgan fingerprint density at radius 1 is 1.15 bits per heavy atom. The normalized spacial score (nSPS) is 46.1. The highest BCUT2D eigenvalue weighted by atomic mass is 16.5. The van der Waals surface area contributed by atoms with Crippen molar-refractivity contribution in [1.82, 2.24) is 0 Å². The van der Waals surface area contributed by atoms with E-state index in [-0.39, 0.29) is 16.8 Å². The molecule has 4 aliphatic rings. The minimum Gasteiger partial charge on any atom is -0.469 e. The van der Waals surface area contributed by atoms with Crippen LogP contribution in [0.1, 0.15) is 78.1 Å². The second-order valence-corrected chi connectivity index (χ2v) is 10.1. The van der Waals surface area contributed by atoms with E-state index in [0.717, 1.165) is 44.9 Å². The number of allylic oxidation sites excluding steroid dienone is 1. The molecule has 0 aromatic carbocycles. The number of aliphatic hydroxyl groups is 1. The Kier molecular flexibility index (Phi) is 4.57. The molecule has 0 aliphatic heterocycles. The minimum absolute atomic E-state index is 0.107. The quantitative estimate of drug-likeness (QED) is 0.752. The molecule has 0 unspecified atom stereocenters. The molecule has 3 fully saturated rings. The van der Waals surface area contributed by atoms with E-state index < -0.39 is 5.60 Å². The fraction of sp³-hybridized carbons (Fsp3) is 0.826. The van der Waals surface area contributed by atoms with Crippen LogP contribution in [0.4, 0.5) is 0 Å². The molecule has 4 nitrogen and oxygen atoms in total.